The third-order valence-corrected chi connectivity index (χ3v) is 0.478. The van der Waals surface area contributed by atoms with Crippen LogP contribution in [-0.2, 0) is 9.53 Å². The van der Waals surface area contributed by atoms with Crippen molar-refractivity contribution in [2.24, 2.45) is 11.6 Å². The molecule has 0 aromatic rings. The molecular weight excluding hydrogens is 154 g/mol. The second-order valence-electron chi connectivity index (χ2n) is 1.23. The van der Waals surface area contributed by atoms with Crippen LogP contribution in [0.1, 0.15) is 0 Å². The minimum Gasteiger partial charge on any atom is -0.480 e. The molecule has 11 heavy (non-hydrogen) atoms. The molecule has 0 heterocycles. The zero-order valence-electron chi connectivity index (χ0n) is 6.03. The number of carboxylic acids is 1. The Labute approximate surface area is 63.3 Å². The van der Waals surface area contributed by atoms with Crippen molar-refractivity contribution in [1.29, 1.82) is 0 Å². The van der Waals surface area contributed by atoms with Gasteiger partial charge in [-0.1, -0.05) is 0 Å². The molecule has 0 saturated heterocycles. The lowest BCUT2D eigenvalue weighted by Gasteiger charge is -1.90. The molecule has 1 amide bonds. The number of hydrogen-bond donors (Lipinski definition) is 4. The number of carboxylic acid groups (broad SMARTS) is 1. The average Bonchev–Trinajstić information content (AvgIpc) is 2.04. The first-order chi connectivity index (χ1) is 5.08. The van der Waals surface area contributed by atoms with E-state index >= 15 is 0 Å². The number of carbonyl (C=O) groups is 2. The lowest BCUT2D eigenvalue weighted by atomic mass is 10.7. The second-order valence-corrected chi connectivity index (χ2v) is 1.23. The molecule has 0 aliphatic carbocycles. The van der Waals surface area contributed by atoms with Gasteiger partial charge in [0.05, 0.1) is 13.7 Å². The fraction of sp³-hybridized carbons (Fsp3) is 0.500. The van der Waals surface area contributed by atoms with Gasteiger partial charge in [-0.15, -0.1) is 0 Å². The Morgan fingerprint density at radius 1 is 1.64 bits per heavy atom. The van der Waals surface area contributed by atoms with Crippen LogP contribution in [0.15, 0.2) is 0 Å². The number of rotatable bonds is 1. The molecule has 0 aliphatic heterocycles. The molecule has 6 N–H and O–H groups in total. The first-order valence-electron chi connectivity index (χ1n) is 2.54. The molecule has 66 valence electrons. The van der Waals surface area contributed by atoms with Gasteiger partial charge in [-0.2, -0.15) is 0 Å². The Morgan fingerprint density at radius 3 is 2.00 bits per heavy atom. The largest absolute Gasteiger partial charge is 0.480 e. The topological polar surface area (TPSA) is 128 Å². The molecule has 0 radical (unpaired) electrons. The molecule has 0 unspecified atom stereocenters. The molecule has 0 saturated carbocycles. The Bertz CT molecular complexity index is 121. The van der Waals surface area contributed by atoms with Crippen LogP contribution in [0.5, 0.6) is 0 Å². The molecule has 0 atom stereocenters. The van der Waals surface area contributed by atoms with Gasteiger partial charge in [0.1, 0.15) is 0 Å². The number of aliphatic carboxylic acids is 1. The molecule has 0 aliphatic rings. The summed E-state index contributed by atoms with van der Waals surface area (Å²) in [6.45, 7) is -0.278. The van der Waals surface area contributed by atoms with Gasteiger partial charge in [-0.3, -0.25) is 10.2 Å². The highest BCUT2D eigenvalue weighted by atomic mass is 16.5. The van der Waals surface area contributed by atoms with Gasteiger partial charge < -0.3 is 15.6 Å². The van der Waals surface area contributed by atoms with Gasteiger partial charge in [0.15, 0.2) is 0 Å². The molecule has 0 bridgehead atoms. The van der Waals surface area contributed by atoms with E-state index in [1.54, 1.807) is 5.43 Å². The minimum atomic E-state index is -0.968. The van der Waals surface area contributed by atoms with E-state index < -0.39 is 12.1 Å². The van der Waals surface area contributed by atoms with Gasteiger partial charge in [0, 0.05) is 0 Å². The molecule has 7 heteroatoms. The summed E-state index contributed by atoms with van der Waals surface area (Å²) in [5.41, 5.74) is 6.33. The molecule has 0 aromatic heterocycles. The summed E-state index contributed by atoms with van der Waals surface area (Å²) in [5, 5.41) is 7.60. The van der Waals surface area contributed by atoms with E-state index in [1.165, 1.54) is 7.11 Å². The fourth-order valence-electron chi connectivity index (χ4n) is 0.0589. The van der Waals surface area contributed by atoms with Crippen molar-refractivity contribution in [1.82, 2.24) is 5.43 Å². The summed E-state index contributed by atoms with van der Waals surface area (Å²) in [5.74, 6) is 3.59. The third kappa shape index (κ3) is 17.7. The van der Waals surface area contributed by atoms with Crippen molar-refractivity contribution >= 4 is 12.1 Å². The molecule has 0 aromatic carbocycles. The lowest BCUT2D eigenvalue weighted by molar-refractivity contribution is -0.135. The smallest absolute Gasteiger partial charge is 0.421 e. The number of hydrogen-bond acceptors (Lipinski definition) is 5. The van der Waals surface area contributed by atoms with Crippen molar-refractivity contribution in [2.75, 3.05) is 13.7 Å². The van der Waals surface area contributed by atoms with E-state index in [2.05, 4.69) is 16.3 Å². The molecule has 0 spiro atoms. The van der Waals surface area contributed by atoms with Crippen LogP contribution in [0.2, 0.25) is 0 Å². The highest BCUT2D eigenvalue weighted by Gasteiger charge is 1.85. The van der Waals surface area contributed by atoms with E-state index in [1.807, 2.05) is 0 Å². The Morgan fingerprint density at radius 2 is 2.00 bits per heavy atom. The van der Waals surface area contributed by atoms with Crippen molar-refractivity contribution in [3.05, 3.63) is 0 Å². The monoisotopic (exact) mass is 165 g/mol. The maximum absolute atomic E-state index is 9.72. The van der Waals surface area contributed by atoms with Crippen LogP contribution in [0.25, 0.3) is 0 Å². The predicted octanol–water partition coefficient (Wildman–Crippen LogP) is -1.75. The van der Waals surface area contributed by atoms with Crippen LogP contribution in [0, 0.1) is 0 Å². The van der Waals surface area contributed by atoms with E-state index in [0.29, 0.717) is 0 Å². The van der Waals surface area contributed by atoms with Crippen LogP contribution in [-0.4, -0.2) is 30.8 Å². The predicted molar refractivity (Wildman–Crippen MR) is 36.4 cm³/mol. The molecule has 0 fully saturated rings. The summed E-state index contributed by atoms with van der Waals surface area (Å²) in [7, 11) is 1.24. The van der Waals surface area contributed by atoms with E-state index in [9.17, 15) is 9.59 Å². The highest BCUT2D eigenvalue weighted by molar-refractivity contribution is 5.68. The second kappa shape index (κ2) is 8.66. The Kier molecular flexibility index (Phi) is 9.72. The number of nitrogens with two attached hydrogens (primary N) is 2. The van der Waals surface area contributed by atoms with Gasteiger partial charge in [0.2, 0.25) is 0 Å². The summed E-state index contributed by atoms with van der Waals surface area (Å²) >= 11 is 0. The maximum atomic E-state index is 9.72. The first-order valence-corrected chi connectivity index (χ1v) is 2.54. The van der Waals surface area contributed by atoms with Gasteiger partial charge >= 0.3 is 12.1 Å². The highest BCUT2D eigenvalue weighted by Crippen LogP contribution is 1.60. The van der Waals surface area contributed by atoms with Crippen LogP contribution < -0.4 is 17.0 Å². The minimum absolute atomic E-state index is 0.278. The van der Waals surface area contributed by atoms with Gasteiger partial charge in [-0.25, -0.2) is 10.6 Å². The Hall–Kier alpha value is -1.34. The zero-order chi connectivity index (χ0) is 9.28. The Balaban J connectivity index is 0. The number of nitrogens with one attached hydrogen (secondary N) is 1. The number of ether oxygens (including phenoxy) is 1. The fourth-order valence-corrected chi connectivity index (χ4v) is 0.0589. The molecular formula is C4H11N3O4. The number of amides is 1. The number of carbonyl (C=O) groups excluding carboxylic acids is 1. The normalized spacial score (nSPS) is 7.18. The number of methoxy groups -OCH3 is 1. The summed E-state index contributed by atoms with van der Waals surface area (Å²) in [6, 6.07) is 0. The van der Waals surface area contributed by atoms with Crippen molar-refractivity contribution in [2.45, 2.75) is 0 Å². The van der Waals surface area contributed by atoms with Crippen molar-refractivity contribution in [3.63, 3.8) is 0 Å². The van der Waals surface area contributed by atoms with Crippen molar-refractivity contribution < 1.29 is 19.4 Å². The van der Waals surface area contributed by atoms with E-state index in [0.717, 1.165) is 0 Å². The summed E-state index contributed by atoms with van der Waals surface area (Å²) in [6.07, 6.45) is -0.630. The average molecular weight is 165 g/mol. The van der Waals surface area contributed by atoms with Crippen LogP contribution in [0.3, 0.4) is 0 Å². The summed E-state index contributed by atoms with van der Waals surface area (Å²) < 4.78 is 4.02. The van der Waals surface area contributed by atoms with Crippen molar-refractivity contribution in [3.8, 4) is 0 Å². The number of hydrazine groups is 1. The third-order valence-electron chi connectivity index (χ3n) is 0.478. The summed E-state index contributed by atoms with van der Waals surface area (Å²) in [4.78, 5) is 19.0. The maximum Gasteiger partial charge on any atom is 0.421 e. The molecule has 7 nitrogen and oxygen atoms in total. The SMILES string of the molecule is COC(=O)NN.NCC(=O)O. The van der Waals surface area contributed by atoms with Gasteiger partial charge in [-0.05, 0) is 0 Å². The quantitative estimate of drug-likeness (QED) is 0.207. The zero-order valence-corrected chi connectivity index (χ0v) is 6.03. The van der Waals surface area contributed by atoms with E-state index in [-0.39, 0.29) is 6.54 Å². The standard InChI is InChI=1S/C2H6N2O2.C2H5NO2/c1-6-2(5)4-3;3-1-2(4)5/h3H2,1H3,(H,4,5);1,3H2,(H,4,5). The van der Waals surface area contributed by atoms with Crippen LogP contribution >= 0.6 is 0 Å². The van der Waals surface area contributed by atoms with Gasteiger partial charge in [0.25, 0.3) is 0 Å². The van der Waals surface area contributed by atoms with Crippen LogP contribution in [0.4, 0.5) is 4.79 Å². The molecule has 0 rings (SSSR count). The first kappa shape index (κ1) is 12.3. The lowest BCUT2D eigenvalue weighted by Crippen LogP contribution is -2.29. The van der Waals surface area contributed by atoms with E-state index in [4.69, 9.17) is 5.11 Å².